The molecule has 0 aliphatic rings. The molecule has 0 radical (unpaired) electrons. The van der Waals surface area contributed by atoms with E-state index in [-0.39, 0.29) is 23.7 Å². The number of phenolic OH excluding ortho intramolecular Hbond substituents is 1. The number of phenols is 1. The van der Waals surface area contributed by atoms with E-state index >= 15 is 0 Å². The van der Waals surface area contributed by atoms with E-state index in [9.17, 15) is 9.50 Å². The fourth-order valence-electron chi connectivity index (χ4n) is 2.29. The van der Waals surface area contributed by atoms with Crippen molar-refractivity contribution >= 4 is 0 Å². The molecule has 20 heavy (non-hydrogen) atoms. The van der Waals surface area contributed by atoms with E-state index in [1.165, 1.54) is 29.3 Å². The maximum atomic E-state index is 13.3. The van der Waals surface area contributed by atoms with E-state index in [2.05, 4.69) is 43.4 Å². The molecule has 0 aliphatic carbocycles. The van der Waals surface area contributed by atoms with Gasteiger partial charge in [0.05, 0.1) is 0 Å². The summed E-state index contributed by atoms with van der Waals surface area (Å²) in [5.74, 6) is -0.225. The van der Waals surface area contributed by atoms with Crippen LogP contribution in [0.4, 0.5) is 4.39 Å². The van der Waals surface area contributed by atoms with Gasteiger partial charge in [0, 0.05) is 17.6 Å². The molecule has 2 aromatic carbocycles. The van der Waals surface area contributed by atoms with Gasteiger partial charge >= 0.3 is 0 Å². The van der Waals surface area contributed by atoms with Crippen LogP contribution in [0.25, 0.3) is 0 Å². The molecule has 2 rings (SSSR count). The summed E-state index contributed by atoms with van der Waals surface area (Å²) in [6, 6.07) is 12.3. The van der Waals surface area contributed by atoms with Gasteiger partial charge in [-0.15, -0.1) is 0 Å². The zero-order valence-corrected chi connectivity index (χ0v) is 12.0. The predicted molar refractivity (Wildman–Crippen MR) is 79.2 cm³/mol. The van der Waals surface area contributed by atoms with Crippen LogP contribution in [0.1, 0.15) is 42.6 Å². The minimum absolute atomic E-state index is 0.113. The summed E-state index contributed by atoms with van der Waals surface area (Å²) in [6.45, 7) is 6.02. The Labute approximate surface area is 119 Å². The number of rotatable bonds is 4. The van der Waals surface area contributed by atoms with Crippen molar-refractivity contribution in [3.63, 3.8) is 0 Å². The van der Waals surface area contributed by atoms with E-state index in [0.717, 1.165) is 0 Å². The Morgan fingerprint density at radius 1 is 1.00 bits per heavy atom. The summed E-state index contributed by atoms with van der Waals surface area (Å²) in [4.78, 5) is 0. The van der Waals surface area contributed by atoms with E-state index in [1.54, 1.807) is 0 Å². The van der Waals surface area contributed by atoms with E-state index < -0.39 is 0 Å². The van der Waals surface area contributed by atoms with Gasteiger partial charge in [-0.25, -0.2) is 4.39 Å². The first-order valence-electron chi connectivity index (χ1n) is 6.78. The molecule has 1 unspecified atom stereocenters. The Bertz CT molecular complexity index is 580. The smallest absolute Gasteiger partial charge is 0.123 e. The lowest BCUT2D eigenvalue weighted by atomic mass is 10.0. The number of hydrogen-bond acceptors (Lipinski definition) is 2. The lowest BCUT2D eigenvalue weighted by Crippen LogP contribution is -2.22. The van der Waals surface area contributed by atoms with Gasteiger partial charge in [-0.2, -0.15) is 0 Å². The first-order chi connectivity index (χ1) is 9.47. The minimum Gasteiger partial charge on any atom is -0.508 e. The molecule has 2 N–H and O–H groups in total. The van der Waals surface area contributed by atoms with Gasteiger partial charge in [-0.1, -0.05) is 29.8 Å². The molecule has 0 saturated heterocycles. The zero-order chi connectivity index (χ0) is 14.7. The average molecular weight is 273 g/mol. The topological polar surface area (TPSA) is 32.3 Å². The Kier molecular flexibility index (Phi) is 4.40. The molecule has 0 spiro atoms. The molecule has 0 amide bonds. The second-order valence-electron chi connectivity index (χ2n) is 5.22. The second kappa shape index (κ2) is 6.06. The van der Waals surface area contributed by atoms with E-state index in [1.807, 2.05) is 6.92 Å². The third-order valence-electron chi connectivity index (χ3n) is 3.53. The summed E-state index contributed by atoms with van der Waals surface area (Å²) in [5.41, 5.74) is 2.96. The third-order valence-corrected chi connectivity index (χ3v) is 3.53. The molecule has 2 aromatic rings. The molecule has 0 aromatic heterocycles. The summed E-state index contributed by atoms with van der Waals surface area (Å²) in [7, 11) is 0. The molecular formula is C17H20FNO. The molecule has 0 bridgehead atoms. The van der Waals surface area contributed by atoms with Crippen LogP contribution in [0.2, 0.25) is 0 Å². The maximum absolute atomic E-state index is 13.3. The van der Waals surface area contributed by atoms with Crippen LogP contribution >= 0.6 is 0 Å². The lowest BCUT2D eigenvalue weighted by molar-refractivity contribution is 0.435. The number of aryl methyl sites for hydroxylation is 1. The quantitative estimate of drug-likeness (QED) is 0.872. The van der Waals surface area contributed by atoms with Gasteiger partial charge in [-0.05, 0) is 44.5 Å². The second-order valence-corrected chi connectivity index (χ2v) is 5.22. The van der Waals surface area contributed by atoms with Crippen LogP contribution in [-0.2, 0) is 0 Å². The minimum atomic E-state index is -0.338. The van der Waals surface area contributed by atoms with Gasteiger partial charge < -0.3 is 10.4 Å². The summed E-state index contributed by atoms with van der Waals surface area (Å²) < 4.78 is 13.3. The average Bonchev–Trinajstić information content (AvgIpc) is 2.42. The van der Waals surface area contributed by atoms with Crippen molar-refractivity contribution in [3.8, 4) is 5.75 Å². The molecule has 2 nitrogen and oxygen atoms in total. The Balaban J connectivity index is 2.12. The molecule has 0 fully saturated rings. The normalized spacial score (nSPS) is 14.0. The zero-order valence-electron chi connectivity index (χ0n) is 12.0. The predicted octanol–water partition coefficient (Wildman–Crippen LogP) is 4.25. The van der Waals surface area contributed by atoms with E-state index in [0.29, 0.717) is 5.56 Å². The summed E-state index contributed by atoms with van der Waals surface area (Å²) >= 11 is 0. The summed E-state index contributed by atoms with van der Waals surface area (Å²) in [6.07, 6.45) is 0. The van der Waals surface area contributed by atoms with Crippen LogP contribution in [-0.4, -0.2) is 5.11 Å². The van der Waals surface area contributed by atoms with Gasteiger partial charge in [0.1, 0.15) is 11.6 Å². The number of halogens is 1. The van der Waals surface area contributed by atoms with Crippen molar-refractivity contribution in [1.29, 1.82) is 0 Å². The Hall–Kier alpha value is -1.87. The van der Waals surface area contributed by atoms with Gasteiger partial charge in [-0.3, -0.25) is 0 Å². The SMILES string of the molecule is Cc1ccc([C@@H](C)NC(C)c2cc(F)ccc2O)cc1. The number of benzene rings is 2. The molecule has 0 aliphatic heterocycles. The van der Waals surface area contributed by atoms with Crippen LogP contribution in [0.15, 0.2) is 42.5 Å². The molecule has 2 atom stereocenters. The first-order valence-corrected chi connectivity index (χ1v) is 6.78. The highest BCUT2D eigenvalue weighted by Crippen LogP contribution is 2.27. The molecule has 0 heterocycles. The highest BCUT2D eigenvalue weighted by Gasteiger charge is 2.14. The fraction of sp³-hybridized carbons (Fsp3) is 0.294. The van der Waals surface area contributed by atoms with Crippen LogP contribution < -0.4 is 5.32 Å². The van der Waals surface area contributed by atoms with Crippen LogP contribution in [0, 0.1) is 12.7 Å². The largest absolute Gasteiger partial charge is 0.508 e. The molecule has 0 saturated carbocycles. The molecule has 3 heteroatoms. The first kappa shape index (κ1) is 14.5. The van der Waals surface area contributed by atoms with Crippen LogP contribution in [0.3, 0.4) is 0 Å². The number of hydrogen-bond donors (Lipinski definition) is 2. The monoisotopic (exact) mass is 273 g/mol. The highest BCUT2D eigenvalue weighted by molar-refractivity contribution is 5.35. The number of nitrogens with one attached hydrogen (secondary N) is 1. The van der Waals surface area contributed by atoms with Crippen molar-refractivity contribution in [3.05, 3.63) is 65.0 Å². The van der Waals surface area contributed by atoms with Crippen molar-refractivity contribution in [2.24, 2.45) is 0 Å². The van der Waals surface area contributed by atoms with Crippen molar-refractivity contribution in [1.82, 2.24) is 5.32 Å². The van der Waals surface area contributed by atoms with E-state index in [4.69, 9.17) is 0 Å². The third kappa shape index (κ3) is 3.36. The highest BCUT2D eigenvalue weighted by atomic mass is 19.1. The molecule has 106 valence electrons. The molecular weight excluding hydrogens is 253 g/mol. The van der Waals surface area contributed by atoms with Crippen molar-refractivity contribution in [2.45, 2.75) is 32.9 Å². The Morgan fingerprint density at radius 3 is 2.30 bits per heavy atom. The van der Waals surface area contributed by atoms with Gasteiger partial charge in [0.2, 0.25) is 0 Å². The lowest BCUT2D eigenvalue weighted by Gasteiger charge is -2.21. The van der Waals surface area contributed by atoms with Crippen LogP contribution in [0.5, 0.6) is 5.75 Å². The van der Waals surface area contributed by atoms with Gasteiger partial charge in [0.25, 0.3) is 0 Å². The maximum Gasteiger partial charge on any atom is 0.123 e. The van der Waals surface area contributed by atoms with Crippen molar-refractivity contribution in [2.75, 3.05) is 0 Å². The van der Waals surface area contributed by atoms with Gasteiger partial charge in [0.15, 0.2) is 0 Å². The Morgan fingerprint density at radius 2 is 1.65 bits per heavy atom. The standard InChI is InChI=1S/C17H20FNO/c1-11-4-6-14(7-5-11)12(2)19-13(3)16-10-15(18)8-9-17(16)20/h4-10,12-13,19-20H,1-3H3/t12-,13?/m1/s1. The van der Waals surface area contributed by atoms with Crippen molar-refractivity contribution < 1.29 is 9.50 Å². The summed E-state index contributed by atoms with van der Waals surface area (Å²) in [5, 5.41) is 13.2. The fourth-order valence-corrected chi connectivity index (χ4v) is 2.29. The number of aromatic hydroxyl groups is 1.